The van der Waals surface area contributed by atoms with Crippen molar-refractivity contribution in [3.63, 3.8) is 0 Å². The van der Waals surface area contributed by atoms with Gasteiger partial charge in [-0.15, -0.1) is 0 Å². The third-order valence-corrected chi connectivity index (χ3v) is 3.40. The predicted molar refractivity (Wildman–Crippen MR) is 81.4 cm³/mol. The highest BCUT2D eigenvalue weighted by Gasteiger charge is 2.10. The molecular weight excluding hydrogens is 250 g/mol. The summed E-state index contributed by atoms with van der Waals surface area (Å²) in [6, 6.07) is 13.6. The normalized spacial score (nSPS) is 11.9. The number of hydrogen-bond acceptors (Lipinski definition) is 2. The van der Waals surface area contributed by atoms with E-state index in [1.54, 1.807) is 12.1 Å². The van der Waals surface area contributed by atoms with Gasteiger partial charge in [-0.1, -0.05) is 35.9 Å². The molecule has 2 rings (SSSR count). The van der Waals surface area contributed by atoms with Crippen LogP contribution in [0.2, 0.25) is 0 Å². The van der Waals surface area contributed by atoms with Crippen LogP contribution < -0.4 is 5.32 Å². The second kappa shape index (κ2) is 5.78. The van der Waals surface area contributed by atoms with Gasteiger partial charge in [0, 0.05) is 11.7 Å². The molecule has 1 atom stereocenters. The number of benzene rings is 2. The van der Waals surface area contributed by atoms with Gasteiger partial charge in [0.1, 0.15) is 0 Å². The van der Waals surface area contributed by atoms with Gasteiger partial charge in [-0.3, -0.25) is 0 Å². The summed E-state index contributed by atoms with van der Waals surface area (Å²) < 4.78 is 0. The number of carbonyl (C=O) groups is 1. The third kappa shape index (κ3) is 3.18. The van der Waals surface area contributed by atoms with Crippen molar-refractivity contribution in [1.29, 1.82) is 0 Å². The maximum absolute atomic E-state index is 11.0. The van der Waals surface area contributed by atoms with Crippen molar-refractivity contribution in [2.24, 2.45) is 0 Å². The van der Waals surface area contributed by atoms with Crippen LogP contribution in [0.1, 0.15) is 40.0 Å². The highest BCUT2D eigenvalue weighted by molar-refractivity contribution is 5.89. The van der Waals surface area contributed by atoms with Crippen LogP contribution in [0.25, 0.3) is 0 Å². The van der Waals surface area contributed by atoms with Crippen LogP contribution in [0, 0.1) is 13.8 Å². The first-order chi connectivity index (χ1) is 9.47. The van der Waals surface area contributed by atoms with E-state index in [0.717, 1.165) is 11.3 Å². The van der Waals surface area contributed by atoms with E-state index >= 15 is 0 Å². The molecular formula is C17H19NO2. The molecule has 2 N–H and O–H groups in total. The van der Waals surface area contributed by atoms with Crippen molar-refractivity contribution in [1.82, 2.24) is 0 Å². The fourth-order valence-corrected chi connectivity index (χ4v) is 2.17. The minimum absolute atomic E-state index is 0.123. The van der Waals surface area contributed by atoms with E-state index in [0.29, 0.717) is 5.56 Å². The number of aryl methyl sites for hydroxylation is 2. The number of aromatic carboxylic acids is 1. The number of carboxylic acids is 1. The van der Waals surface area contributed by atoms with Crippen molar-refractivity contribution in [2.75, 3.05) is 5.32 Å². The summed E-state index contributed by atoms with van der Waals surface area (Å²) in [5, 5.41) is 12.4. The van der Waals surface area contributed by atoms with Gasteiger partial charge in [0.15, 0.2) is 0 Å². The Kier molecular flexibility index (Phi) is 4.08. The fourth-order valence-electron chi connectivity index (χ4n) is 2.17. The molecule has 2 aromatic carbocycles. The Bertz CT molecular complexity index is 635. The van der Waals surface area contributed by atoms with Crippen LogP contribution in [-0.2, 0) is 0 Å². The summed E-state index contributed by atoms with van der Waals surface area (Å²) in [7, 11) is 0. The molecule has 0 aliphatic rings. The average molecular weight is 269 g/mol. The lowest BCUT2D eigenvalue weighted by Crippen LogP contribution is -2.09. The van der Waals surface area contributed by atoms with Crippen LogP contribution in [0.3, 0.4) is 0 Å². The van der Waals surface area contributed by atoms with Crippen molar-refractivity contribution >= 4 is 11.7 Å². The molecule has 0 bridgehead atoms. The lowest BCUT2D eigenvalue weighted by Gasteiger charge is -2.18. The molecule has 0 saturated carbocycles. The van der Waals surface area contributed by atoms with Crippen molar-refractivity contribution in [3.8, 4) is 0 Å². The van der Waals surface area contributed by atoms with E-state index in [-0.39, 0.29) is 6.04 Å². The van der Waals surface area contributed by atoms with Gasteiger partial charge in [-0.05, 0) is 44.0 Å². The summed E-state index contributed by atoms with van der Waals surface area (Å²) >= 11 is 0. The third-order valence-electron chi connectivity index (χ3n) is 3.40. The lowest BCUT2D eigenvalue weighted by molar-refractivity contribution is 0.0697. The Hall–Kier alpha value is -2.29. The fraction of sp³-hybridized carbons (Fsp3) is 0.235. The van der Waals surface area contributed by atoms with E-state index in [4.69, 9.17) is 5.11 Å². The molecule has 0 amide bonds. The first-order valence-electron chi connectivity index (χ1n) is 6.64. The van der Waals surface area contributed by atoms with Gasteiger partial charge in [0.2, 0.25) is 0 Å². The zero-order chi connectivity index (χ0) is 14.7. The first-order valence-corrected chi connectivity index (χ1v) is 6.64. The Labute approximate surface area is 119 Å². The van der Waals surface area contributed by atoms with Gasteiger partial charge in [0.25, 0.3) is 0 Å². The van der Waals surface area contributed by atoms with E-state index in [2.05, 4.69) is 37.4 Å². The monoisotopic (exact) mass is 269 g/mol. The maximum Gasteiger partial charge on any atom is 0.335 e. The van der Waals surface area contributed by atoms with Crippen LogP contribution in [-0.4, -0.2) is 11.1 Å². The molecule has 0 aromatic heterocycles. The zero-order valence-electron chi connectivity index (χ0n) is 12.0. The predicted octanol–water partition coefficient (Wildman–Crippen LogP) is 4.17. The summed E-state index contributed by atoms with van der Waals surface area (Å²) in [6.07, 6.45) is 0. The standard InChI is InChI=1S/C17H19NO2/c1-11-5-4-6-14(9-11)13(3)18-16-10-15(17(19)20)8-7-12(16)2/h4-10,13,18H,1-3H3,(H,19,20). The molecule has 2 aromatic rings. The molecule has 0 saturated heterocycles. The molecule has 20 heavy (non-hydrogen) atoms. The SMILES string of the molecule is Cc1cccc(C(C)Nc2cc(C(=O)O)ccc2C)c1. The number of nitrogens with one attached hydrogen (secondary N) is 1. The molecule has 3 nitrogen and oxygen atoms in total. The second-order valence-electron chi connectivity index (χ2n) is 5.12. The average Bonchev–Trinajstić information content (AvgIpc) is 2.41. The lowest BCUT2D eigenvalue weighted by atomic mass is 10.0. The Morgan fingerprint density at radius 3 is 2.55 bits per heavy atom. The summed E-state index contributed by atoms with van der Waals surface area (Å²) in [5.41, 5.74) is 4.60. The highest BCUT2D eigenvalue weighted by Crippen LogP contribution is 2.23. The molecule has 0 aliphatic heterocycles. The summed E-state index contributed by atoms with van der Waals surface area (Å²) in [4.78, 5) is 11.0. The topological polar surface area (TPSA) is 49.3 Å². The van der Waals surface area contributed by atoms with Gasteiger partial charge in [0.05, 0.1) is 5.56 Å². The van der Waals surface area contributed by atoms with Crippen LogP contribution in [0.15, 0.2) is 42.5 Å². The smallest absolute Gasteiger partial charge is 0.335 e. The number of anilines is 1. The zero-order valence-corrected chi connectivity index (χ0v) is 12.0. The van der Waals surface area contributed by atoms with E-state index in [1.807, 2.05) is 19.1 Å². The van der Waals surface area contributed by atoms with Crippen molar-refractivity contribution in [3.05, 3.63) is 64.7 Å². The van der Waals surface area contributed by atoms with Gasteiger partial charge < -0.3 is 10.4 Å². The summed E-state index contributed by atoms with van der Waals surface area (Å²) in [6.45, 7) is 6.10. The molecule has 0 aliphatic carbocycles. The quantitative estimate of drug-likeness (QED) is 0.875. The van der Waals surface area contributed by atoms with Crippen LogP contribution in [0.4, 0.5) is 5.69 Å². The molecule has 0 radical (unpaired) electrons. The first kappa shape index (κ1) is 14.1. The number of carboxylic acid groups (broad SMARTS) is 1. The van der Waals surface area contributed by atoms with Crippen molar-refractivity contribution < 1.29 is 9.90 Å². The highest BCUT2D eigenvalue weighted by atomic mass is 16.4. The van der Waals surface area contributed by atoms with Gasteiger partial charge >= 0.3 is 5.97 Å². The minimum atomic E-state index is -0.906. The van der Waals surface area contributed by atoms with E-state index in [9.17, 15) is 4.79 Å². The molecule has 0 spiro atoms. The minimum Gasteiger partial charge on any atom is -0.478 e. The molecule has 1 unspecified atom stereocenters. The molecule has 0 heterocycles. The van der Waals surface area contributed by atoms with E-state index < -0.39 is 5.97 Å². The van der Waals surface area contributed by atoms with Crippen LogP contribution >= 0.6 is 0 Å². The van der Waals surface area contributed by atoms with E-state index in [1.165, 1.54) is 11.1 Å². The molecule has 0 fully saturated rings. The molecule has 3 heteroatoms. The van der Waals surface area contributed by atoms with Crippen molar-refractivity contribution in [2.45, 2.75) is 26.8 Å². The Balaban J connectivity index is 2.25. The van der Waals surface area contributed by atoms with Gasteiger partial charge in [-0.25, -0.2) is 4.79 Å². The number of hydrogen-bond donors (Lipinski definition) is 2. The van der Waals surface area contributed by atoms with Gasteiger partial charge in [-0.2, -0.15) is 0 Å². The largest absolute Gasteiger partial charge is 0.478 e. The molecule has 104 valence electrons. The number of rotatable bonds is 4. The second-order valence-corrected chi connectivity index (χ2v) is 5.12. The van der Waals surface area contributed by atoms with Crippen LogP contribution in [0.5, 0.6) is 0 Å². The maximum atomic E-state index is 11.0. The summed E-state index contributed by atoms with van der Waals surface area (Å²) in [5.74, 6) is -0.906. The Morgan fingerprint density at radius 1 is 1.15 bits per heavy atom. The Morgan fingerprint density at radius 2 is 1.90 bits per heavy atom.